The maximum Gasteiger partial charge on any atom is 0.235 e. The fourth-order valence-electron chi connectivity index (χ4n) is 3.38. The molecule has 4 rings (SSSR count). The van der Waals surface area contributed by atoms with Gasteiger partial charge in [0.1, 0.15) is 0 Å². The molecular formula is C19H17ClN2O. The second-order valence-electron chi connectivity index (χ2n) is 6.14. The molecule has 1 aliphatic rings. The van der Waals surface area contributed by atoms with Crippen LogP contribution in [0.5, 0.6) is 0 Å². The van der Waals surface area contributed by atoms with Crippen molar-refractivity contribution in [2.45, 2.75) is 24.7 Å². The molecule has 116 valence electrons. The van der Waals surface area contributed by atoms with Gasteiger partial charge in [0.2, 0.25) is 5.91 Å². The van der Waals surface area contributed by atoms with Crippen molar-refractivity contribution in [3.63, 3.8) is 0 Å². The maximum absolute atomic E-state index is 13.0. The lowest BCUT2D eigenvalue weighted by molar-refractivity contribution is -0.124. The number of carbonyl (C=O) groups excluding carboxylic acids is 1. The highest BCUT2D eigenvalue weighted by Crippen LogP contribution is 2.45. The highest BCUT2D eigenvalue weighted by atomic mass is 35.5. The van der Waals surface area contributed by atoms with Crippen LogP contribution in [0, 0.1) is 0 Å². The van der Waals surface area contributed by atoms with Gasteiger partial charge in [0, 0.05) is 22.1 Å². The molecule has 2 aromatic carbocycles. The number of nitrogens with one attached hydrogen (secondary N) is 2. The zero-order valence-electron chi connectivity index (χ0n) is 12.6. The number of aromatic amines is 1. The predicted molar refractivity (Wildman–Crippen MR) is 93.9 cm³/mol. The van der Waals surface area contributed by atoms with E-state index in [1.165, 1.54) is 0 Å². The van der Waals surface area contributed by atoms with Gasteiger partial charge in [-0.05, 0) is 48.7 Å². The lowest BCUT2D eigenvalue weighted by Crippen LogP contribution is -2.46. The second kappa shape index (κ2) is 5.43. The van der Waals surface area contributed by atoms with Gasteiger partial charge < -0.3 is 10.3 Å². The molecule has 1 saturated carbocycles. The van der Waals surface area contributed by atoms with Crippen molar-refractivity contribution in [1.29, 1.82) is 0 Å². The van der Waals surface area contributed by atoms with E-state index in [-0.39, 0.29) is 5.91 Å². The van der Waals surface area contributed by atoms with Gasteiger partial charge in [0.15, 0.2) is 0 Å². The highest BCUT2D eigenvalue weighted by molar-refractivity contribution is 6.30. The standard InChI is InChI=1S/C19H17ClN2O/c20-14-7-5-13(6-8-14)19(10-2-11-19)18(23)22-17-4-1-3-16-15(17)9-12-21-16/h1,3-9,12,21H,2,10-11H2,(H,22,23). The number of rotatable bonds is 3. The Morgan fingerprint density at radius 3 is 2.57 bits per heavy atom. The molecule has 0 atom stereocenters. The van der Waals surface area contributed by atoms with E-state index in [9.17, 15) is 4.79 Å². The number of aromatic nitrogens is 1. The zero-order valence-corrected chi connectivity index (χ0v) is 13.4. The summed E-state index contributed by atoms with van der Waals surface area (Å²) < 4.78 is 0. The van der Waals surface area contributed by atoms with Crippen LogP contribution in [0.2, 0.25) is 5.02 Å². The maximum atomic E-state index is 13.0. The number of fused-ring (bicyclic) bond motifs is 1. The van der Waals surface area contributed by atoms with Gasteiger partial charge >= 0.3 is 0 Å². The third kappa shape index (κ3) is 2.32. The van der Waals surface area contributed by atoms with Gasteiger partial charge in [-0.15, -0.1) is 0 Å². The van der Waals surface area contributed by atoms with Crippen LogP contribution < -0.4 is 5.32 Å². The van der Waals surface area contributed by atoms with Crippen molar-refractivity contribution in [3.05, 3.63) is 65.3 Å². The second-order valence-corrected chi connectivity index (χ2v) is 6.58. The molecule has 0 bridgehead atoms. The minimum Gasteiger partial charge on any atom is -0.361 e. The first-order chi connectivity index (χ1) is 11.2. The van der Waals surface area contributed by atoms with Crippen molar-refractivity contribution >= 4 is 34.1 Å². The Bertz CT molecular complexity index is 862. The monoisotopic (exact) mass is 324 g/mol. The van der Waals surface area contributed by atoms with Crippen molar-refractivity contribution in [3.8, 4) is 0 Å². The van der Waals surface area contributed by atoms with Gasteiger partial charge in [0.05, 0.1) is 11.1 Å². The summed E-state index contributed by atoms with van der Waals surface area (Å²) in [5.41, 5.74) is 2.50. The molecule has 2 N–H and O–H groups in total. The number of halogens is 1. The number of hydrogen-bond donors (Lipinski definition) is 2. The van der Waals surface area contributed by atoms with Gasteiger partial charge in [-0.1, -0.05) is 36.2 Å². The van der Waals surface area contributed by atoms with E-state index in [2.05, 4.69) is 10.3 Å². The number of carbonyl (C=O) groups is 1. The molecular weight excluding hydrogens is 308 g/mol. The summed E-state index contributed by atoms with van der Waals surface area (Å²) in [6, 6.07) is 15.5. The highest BCUT2D eigenvalue weighted by Gasteiger charge is 2.45. The van der Waals surface area contributed by atoms with Crippen molar-refractivity contribution in [2.24, 2.45) is 0 Å². The summed E-state index contributed by atoms with van der Waals surface area (Å²) in [6.07, 6.45) is 4.72. The van der Waals surface area contributed by atoms with E-state index in [1.54, 1.807) is 0 Å². The number of anilines is 1. The zero-order chi connectivity index (χ0) is 15.9. The van der Waals surface area contributed by atoms with Crippen molar-refractivity contribution in [1.82, 2.24) is 4.98 Å². The van der Waals surface area contributed by atoms with Gasteiger partial charge in [0.25, 0.3) is 0 Å². The summed E-state index contributed by atoms with van der Waals surface area (Å²) >= 11 is 5.98. The molecule has 23 heavy (non-hydrogen) atoms. The Hall–Kier alpha value is -2.26. The van der Waals surface area contributed by atoms with Crippen LogP contribution in [0.4, 0.5) is 5.69 Å². The summed E-state index contributed by atoms with van der Waals surface area (Å²) in [5, 5.41) is 4.86. The van der Waals surface area contributed by atoms with E-state index < -0.39 is 5.41 Å². The van der Waals surface area contributed by atoms with Crippen LogP contribution in [0.1, 0.15) is 24.8 Å². The number of H-pyrrole nitrogens is 1. The van der Waals surface area contributed by atoms with Crippen LogP contribution >= 0.6 is 11.6 Å². The fourth-order valence-corrected chi connectivity index (χ4v) is 3.51. The molecule has 0 saturated heterocycles. The number of benzene rings is 2. The molecule has 1 fully saturated rings. The van der Waals surface area contributed by atoms with Crippen molar-refractivity contribution in [2.75, 3.05) is 5.32 Å². The third-order valence-electron chi connectivity index (χ3n) is 4.88. The van der Waals surface area contributed by atoms with Crippen LogP contribution in [0.25, 0.3) is 10.9 Å². The van der Waals surface area contributed by atoms with Gasteiger partial charge in [-0.2, -0.15) is 0 Å². The molecule has 3 aromatic rings. The Labute approximate surface area is 139 Å². The van der Waals surface area contributed by atoms with Crippen molar-refractivity contribution < 1.29 is 4.79 Å². The minimum absolute atomic E-state index is 0.0692. The van der Waals surface area contributed by atoms with Crippen LogP contribution in [0.15, 0.2) is 54.7 Å². The Kier molecular flexibility index (Phi) is 3.38. The molecule has 4 heteroatoms. The van der Waals surface area contributed by atoms with E-state index in [0.717, 1.165) is 41.4 Å². The van der Waals surface area contributed by atoms with Gasteiger partial charge in [-0.25, -0.2) is 0 Å². The first-order valence-electron chi connectivity index (χ1n) is 7.83. The smallest absolute Gasteiger partial charge is 0.235 e. The molecule has 0 unspecified atom stereocenters. The molecule has 0 spiro atoms. The molecule has 1 aromatic heterocycles. The Morgan fingerprint density at radius 1 is 1.09 bits per heavy atom. The largest absolute Gasteiger partial charge is 0.361 e. The van der Waals surface area contributed by atoms with Crippen LogP contribution in [0.3, 0.4) is 0 Å². The summed E-state index contributed by atoms with van der Waals surface area (Å²) in [7, 11) is 0. The fraction of sp³-hybridized carbons (Fsp3) is 0.211. The first-order valence-corrected chi connectivity index (χ1v) is 8.20. The SMILES string of the molecule is O=C(Nc1cccc2[nH]ccc12)C1(c2ccc(Cl)cc2)CCC1. The quantitative estimate of drug-likeness (QED) is 0.708. The van der Waals surface area contributed by atoms with E-state index in [1.807, 2.05) is 54.7 Å². The van der Waals surface area contributed by atoms with Crippen LogP contribution in [-0.2, 0) is 10.2 Å². The predicted octanol–water partition coefficient (Wildman–Crippen LogP) is 4.88. The minimum atomic E-state index is -0.428. The van der Waals surface area contributed by atoms with E-state index in [0.29, 0.717) is 5.02 Å². The average molecular weight is 325 g/mol. The third-order valence-corrected chi connectivity index (χ3v) is 5.13. The molecule has 1 aliphatic carbocycles. The normalized spacial score (nSPS) is 16.0. The topological polar surface area (TPSA) is 44.9 Å². The average Bonchev–Trinajstić information content (AvgIpc) is 2.98. The lowest BCUT2D eigenvalue weighted by atomic mass is 9.64. The number of amides is 1. The van der Waals surface area contributed by atoms with Gasteiger partial charge in [-0.3, -0.25) is 4.79 Å². The molecule has 0 aliphatic heterocycles. The first kappa shape index (κ1) is 14.3. The Morgan fingerprint density at radius 2 is 1.87 bits per heavy atom. The van der Waals surface area contributed by atoms with E-state index in [4.69, 9.17) is 11.6 Å². The summed E-state index contributed by atoms with van der Waals surface area (Å²) in [6.45, 7) is 0. The summed E-state index contributed by atoms with van der Waals surface area (Å²) in [4.78, 5) is 16.2. The summed E-state index contributed by atoms with van der Waals surface area (Å²) in [5.74, 6) is 0.0692. The molecule has 1 amide bonds. The molecule has 0 radical (unpaired) electrons. The van der Waals surface area contributed by atoms with Crippen LogP contribution in [-0.4, -0.2) is 10.9 Å². The molecule has 1 heterocycles. The molecule has 3 nitrogen and oxygen atoms in total. The lowest BCUT2D eigenvalue weighted by Gasteiger charge is -2.40. The number of hydrogen-bond acceptors (Lipinski definition) is 1. The van der Waals surface area contributed by atoms with E-state index >= 15 is 0 Å². The Balaban J connectivity index is 1.67.